The quantitative estimate of drug-likeness (QED) is 0.822. The molecular weight excluding hydrogens is 324 g/mol. The summed E-state index contributed by atoms with van der Waals surface area (Å²) in [6.45, 7) is 3.03. The summed E-state index contributed by atoms with van der Waals surface area (Å²) in [5.41, 5.74) is 0. The molecule has 0 aliphatic heterocycles. The summed E-state index contributed by atoms with van der Waals surface area (Å²) >= 11 is 5.47. The molecule has 2 unspecified atom stereocenters. The van der Waals surface area contributed by atoms with Crippen molar-refractivity contribution in [1.82, 2.24) is 9.97 Å². The van der Waals surface area contributed by atoms with Crippen LogP contribution < -0.4 is 10.6 Å². The molecule has 1 aromatic heterocycles. The maximum atomic E-state index is 4.55. The average Bonchev–Trinajstić information content (AvgIpc) is 2.87. The Morgan fingerprint density at radius 2 is 2.32 bits per heavy atom. The number of nitrogens with one attached hydrogen (secondary N) is 2. The maximum Gasteiger partial charge on any atom is 0.224 e. The SMILES string of the molecule is CCCNc1ncc(Br)c(NC2CCCC2SC)n1. The third-order valence-corrected chi connectivity index (χ3v) is 5.10. The molecule has 1 saturated carbocycles. The molecule has 1 heterocycles. The average molecular weight is 345 g/mol. The van der Waals surface area contributed by atoms with Gasteiger partial charge in [-0.15, -0.1) is 0 Å². The first-order valence-electron chi connectivity index (χ1n) is 6.80. The summed E-state index contributed by atoms with van der Waals surface area (Å²) in [6.07, 6.45) is 8.89. The maximum absolute atomic E-state index is 4.55. The Hall–Kier alpha value is -0.490. The largest absolute Gasteiger partial charge is 0.365 e. The van der Waals surface area contributed by atoms with E-state index in [1.807, 2.05) is 18.0 Å². The number of thioether (sulfide) groups is 1. The third kappa shape index (κ3) is 3.99. The molecule has 0 saturated heterocycles. The summed E-state index contributed by atoms with van der Waals surface area (Å²) in [7, 11) is 0. The zero-order valence-electron chi connectivity index (χ0n) is 11.4. The van der Waals surface area contributed by atoms with Crippen LogP contribution in [0.2, 0.25) is 0 Å². The van der Waals surface area contributed by atoms with Gasteiger partial charge in [0.2, 0.25) is 5.95 Å². The smallest absolute Gasteiger partial charge is 0.224 e. The number of rotatable bonds is 6. The molecule has 1 aromatic rings. The van der Waals surface area contributed by atoms with E-state index in [0.29, 0.717) is 17.2 Å². The minimum absolute atomic E-state index is 0.514. The van der Waals surface area contributed by atoms with Crippen LogP contribution in [0.15, 0.2) is 10.7 Å². The lowest BCUT2D eigenvalue weighted by atomic mass is 10.2. The van der Waals surface area contributed by atoms with E-state index in [4.69, 9.17) is 0 Å². The van der Waals surface area contributed by atoms with Crippen molar-refractivity contribution >= 4 is 39.5 Å². The number of hydrogen-bond donors (Lipinski definition) is 2. The highest BCUT2D eigenvalue weighted by atomic mass is 79.9. The van der Waals surface area contributed by atoms with Crippen LogP contribution in [-0.4, -0.2) is 34.1 Å². The van der Waals surface area contributed by atoms with E-state index in [1.165, 1.54) is 19.3 Å². The van der Waals surface area contributed by atoms with E-state index in [0.717, 1.165) is 23.3 Å². The molecule has 2 N–H and O–H groups in total. The molecule has 6 heteroatoms. The van der Waals surface area contributed by atoms with Gasteiger partial charge in [0.1, 0.15) is 5.82 Å². The van der Waals surface area contributed by atoms with Gasteiger partial charge in [0.25, 0.3) is 0 Å². The van der Waals surface area contributed by atoms with E-state index >= 15 is 0 Å². The van der Waals surface area contributed by atoms with E-state index in [2.05, 4.69) is 49.7 Å². The van der Waals surface area contributed by atoms with Crippen molar-refractivity contribution in [2.75, 3.05) is 23.4 Å². The van der Waals surface area contributed by atoms with Gasteiger partial charge in [0.05, 0.1) is 4.47 Å². The van der Waals surface area contributed by atoms with Crippen LogP contribution in [0, 0.1) is 0 Å². The van der Waals surface area contributed by atoms with Gasteiger partial charge >= 0.3 is 0 Å². The number of nitrogens with zero attached hydrogens (tertiary/aromatic N) is 2. The molecule has 0 radical (unpaired) electrons. The van der Waals surface area contributed by atoms with Crippen LogP contribution in [0.25, 0.3) is 0 Å². The monoisotopic (exact) mass is 344 g/mol. The van der Waals surface area contributed by atoms with Gasteiger partial charge in [-0.05, 0) is 41.4 Å². The van der Waals surface area contributed by atoms with Crippen LogP contribution in [-0.2, 0) is 0 Å². The molecule has 1 fully saturated rings. The van der Waals surface area contributed by atoms with Gasteiger partial charge in [0.15, 0.2) is 0 Å². The highest BCUT2D eigenvalue weighted by Crippen LogP contribution is 2.32. The number of hydrogen-bond acceptors (Lipinski definition) is 5. The summed E-state index contributed by atoms with van der Waals surface area (Å²) < 4.78 is 0.932. The molecule has 2 atom stereocenters. The zero-order chi connectivity index (χ0) is 13.7. The normalized spacial score (nSPS) is 22.5. The summed E-state index contributed by atoms with van der Waals surface area (Å²) in [5, 5.41) is 7.48. The Labute approximate surface area is 127 Å². The highest BCUT2D eigenvalue weighted by Gasteiger charge is 2.27. The minimum atomic E-state index is 0.514. The van der Waals surface area contributed by atoms with E-state index in [1.54, 1.807) is 0 Å². The zero-order valence-corrected chi connectivity index (χ0v) is 13.9. The predicted molar refractivity (Wildman–Crippen MR) is 87.1 cm³/mol. The molecule has 19 heavy (non-hydrogen) atoms. The van der Waals surface area contributed by atoms with Crippen LogP contribution in [0.3, 0.4) is 0 Å². The molecular formula is C13H21BrN4S. The standard InChI is InChI=1S/C13H21BrN4S/c1-3-7-15-13-16-8-9(14)12(18-13)17-10-5-4-6-11(10)19-2/h8,10-11H,3-7H2,1-2H3,(H2,15,16,17,18). The first kappa shape index (κ1) is 14.9. The first-order chi connectivity index (χ1) is 9.24. The number of aromatic nitrogens is 2. The van der Waals surface area contributed by atoms with Crippen molar-refractivity contribution in [1.29, 1.82) is 0 Å². The molecule has 2 rings (SSSR count). The second-order valence-electron chi connectivity index (χ2n) is 4.77. The second kappa shape index (κ2) is 7.33. The summed E-state index contributed by atoms with van der Waals surface area (Å²) in [5.74, 6) is 1.60. The van der Waals surface area contributed by atoms with E-state index in [-0.39, 0.29) is 0 Å². The molecule has 0 aromatic carbocycles. The molecule has 1 aliphatic rings. The topological polar surface area (TPSA) is 49.8 Å². The van der Waals surface area contributed by atoms with Crippen molar-refractivity contribution in [2.45, 2.75) is 43.9 Å². The highest BCUT2D eigenvalue weighted by molar-refractivity contribution is 9.10. The van der Waals surface area contributed by atoms with Crippen molar-refractivity contribution < 1.29 is 0 Å². The van der Waals surface area contributed by atoms with E-state index < -0.39 is 0 Å². The fourth-order valence-electron chi connectivity index (χ4n) is 2.34. The molecule has 1 aliphatic carbocycles. The fourth-order valence-corrected chi connectivity index (χ4v) is 3.58. The Bertz CT molecular complexity index is 416. The van der Waals surface area contributed by atoms with Gasteiger partial charge in [-0.2, -0.15) is 16.7 Å². The number of halogens is 1. The Kier molecular flexibility index (Phi) is 5.76. The summed E-state index contributed by atoms with van der Waals surface area (Å²) in [6, 6.07) is 0.514. The van der Waals surface area contributed by atoms with Crippen LogP contribution in [0.4, 0.5) is 11.8 Å². The van der Waals surface area contributed by atoms with Crippen LogP contribution in [0.1, 0.15) is 32.6 Å². The van der Waals surface area contributed by atoms with Gasteiger partial charge in [-0.1, -0.05) is 13.3 Å². The van der Waals surface area contributed by atoms with Crippen molar-refractivity contribution in [3.05, 3.63) is 10.7 Å². The third-order valence-electron chi connectivity index (χ3n) is 3.35. The van der Waals surface area contributed by atoms with Crippen LogP contribution >= 0.6 is 27.7 Å². The van der Waals surface area contributed by atoms with Crippen molar-refractivity contribution in [3.8, 4) is 0 Å². The Morgan fingerprint density at radius 3 is 3.05 bits per heavy atom. The lowest BCUT2D eigenvalue weighted by molar-refractivity contribution is 0.761. The minimum Gasteiger partial charge on any atom is -0.365 e. The molecule has 0 bridgehead atoms. The van der Waals surface area contributed by atoms with Gasteiger partial charge in [-0.25, -0.2) is 4.98 Å². The molecule has 106 valence electrons. The lowest BCUT2D eigenvalue weighted by Gasteiger charge is -2.20. The van der Waals surface area contributed by atoms with Crippen molar-refractivity contribution in [3.63, 3.8) is 0 Å². The van der Waals surface area contributed by atoms with E-state index in [9.17, 15) is 0 Å². The van der Waals surface area contributed by atoms with Gasteiger partial charge in [-0.3, -0.25) is 0 Å². The first-order valence-corrected chi connectivity index (χ1v) is 8.88. The van der Waals surface area contributed by atoms with Gasteiger partial charge < -0.3 is 10.6 Å². The molecule has 0 amide bonds. The predicted octanol–water partition coefficient (Wildman–Crippen LogP) is 3.76. The van der Waals surface area contributed by atoms with Crippen LogP contribution in [0.5, 0.6) is 0 Å². The Morgan fingerprint density at radius 1 is 1.47 bits per heavy atom. The molecule has 4 nitrogen and oxygen atoms in total. The second-order valence-corrected chi connectivity index (χ2v) is 6.70. The Balaban J connectivity index is 2.05. The number of anilines is 2. The lowest BCUT2D eigenvalue weighted by Crippen LogP contribution is -2.26. The molecule has 0 spiro atoms. The van der Waals surface area contributed by atoms with Crippen molar-refractivity contribution in [2.24, 2.45) is 0 Å². The van der Waals surface area contributed by atoms with Gasteiger partial charge in [0, 0.05) is 24.0 Å². The fraction of sp³-hybridized carbons (Fsp3) is 0.692. The summed E-state index contributed by atoms with van der Waals surface area (Å²) in [4.78, 5) is 8.83.